The summed E-state index contributed by atoms with van der Waals surface area (Å²) in [4.78, 5) is 26.4. The minimum atomic E-state index is -3.27. The number of hydrogen-bond donors (Lipinski definition) is 1. The SMILES string of the molecule is CS(=O)(=O)c1ccc(NC(=O)C2CC(=O)N(c3ccccc3)C2)cc1. The van der Waals surface area contributed by atoms with Gasteiger partial charge in [-0.3, -0.25) is 9.59 Å². The zero-order valence-corrected chi connectivity index (χ0v) is 14.5. The largest absolute Gasteiger partial charge is 0.326 e. The van der Waals surface area contributed by atoms with Crippen molar-refractivity contribution >= 4 is 33.0 Å². The van der Waals surface area contributed by atoms with Gasteiger partial charge in [-0.05, 0) is 36.4 Å². The number of anilines is 2. The van der Waals surface area contributed by atoms with Gasteiger partial charge in [-0.15, -0.1) is 0 Å². The molecule has 130 valence electrons. The molecule has 0 aliphatic carbocycles. The maximum Gasteiger partial charge on any atom is 0.229 e. The van der Waals surface area contributed by atoms with Crippen LogP contribution in [0.25, 0.3) is 0 Å². The van der Waals surface area contributed by atoms with Crippen LogP contribution in [0.4, 0.5) is 11.4 Å². The van der Waals surface area contributed by atoms with Crippen molar-refractivity contribution in [1.82, 2.24) is 0 Å². The Kier molecular flexibility index (Phi) is 4.59. The number of nitrogens with one attached hydrogen (secondary N) is 1. The standard InChI is InChI=1S/C18H18N2O4S/c1-25(23,24)16-9-7-14(8-10-16)19-18(22)13-11-17(21)20(12-13)15-5-3-2-4-6-15/h2-10,13H,11-12H2,1H3,(H,19,22). The fraction of sp³-hybridized carbons (Fsp3) is 0.222. The molecule has 6 nitrogen and oxygen atoms in total. The predicted molar refractivity (Wildman–Crippen MR) is 95.1 cm³/mol. The minimum Gasteiger partial charge on any atom is -0.326 e. The van der Waals surface area contributed by atoms with Crippen molar-refractivity contribution in [2.45, 2.75) is 11.3 Å². The fourth-order valence-electron chi connectivity index (χ4n) is 2.77. The molecule has 1 saturated heterocycles. The highest BCUT2D eigenvalue weighted by Crippen LogP contribution is 2.26. The molecule has 1 unspecified atom stereocenters. The lowest BCUT2D eigenvalue weighted by Gasteiger charge is -2.16. The first-order chi connectivity index (χ1) is 11.8. The number of hydrogen-bond acceptors (Lipinski definition) is 4. The number of nitrogens with zero attached hydrogens (tertiary/aromatic N) is 1. The molecular formula is C18H18N2O4S. The van der Waals surface area contributed by atoms with Crippen molar-refractivity contribution in [1.29, 1.82) is 0 Å². The van der Waals surface area contributed by atoms with E-state index < -0.39 is 15.8 Å². The average molecular weight is 358 g/mol. The van der Waals surface area contributed by atoms with Crippen LogP contribution in [0.2, 0.25) is 0 Å². The molecule has 0 aromatic heterocycles. The Morgan fingerprint density at radius 2 is 1.72 bits per heavy atom. The van der Waals surface area contributed by atoms with Crippen LogP contribution in [0.5, 0.6) is 0 Å². The summed E-state index contributed by atoms with van der Waals surface area (Å²) in [6.07, 6.45) is 1.28. The summed E-state index contributed by atoms with van der Waals surface area (Å²) in [5.41, 5.74) is 1.28. The summed E-state index contributed by atoms with van der Waals surface area (Å²) in [7, 11) is -3.27. The molecule has 0 bridgehead atoms. The van der Waals surface area contributed by atoms with E-state index >= 15 is 0 Å². The highest BCUT2D eigenvalue weighted by atomic mass is 32.2. The lowest BCUT2D eigenvalue weighted by Crippen LogP contribution is -2.28. The van der Waals surface area contributed by atoms with Gasteiger partial charge in [0, 0.05) is 30.6 Å². The van der Waals surface area contributed by atoms with Gasteiger partial charge in [0.2, 0.25) is 11.8 Å². The third-order valence-corrected chi connectivity index (χ3v) is 5.24. The van der Waals surface area contributed by atoms with Crippen LogP contribution in [0.3, 0.4) is 0 Å². The minimum absolute atomic E-state index is 0.0845. The quantitative estimate of drug-likeness (QED) is 0.907. The fourth-order valence-corrected chi connectivity index (χ4v) is 3.40. The van der Waals surface area contributed by atoms with Crippen LogP contribution >= 0.6 is 0 Å². The topological polar surface area (TPSA) is 83.5 Å². The third kappa shape index (κ3) is 3.88. The summed E-state index contributed by atoms with van der Waals surface area (Å²) in [5, 5.41) is 2.74. The maximum absolute atomic E-state index is 12.4. The Labute approximate surface area is 146 Å². The van der Waals surface area contributed by atoms with Crippen LogP contribution in [-0.4, -0.2) is 33.0 Å². The van der Waals surface area contributed by atoms with Gasteiger partial charge >= 0.3 is 0 Å². The van der Waals surface area contributed by atoms with E-state index in [-0.39, 0.29) is 23.1 Å². The Hall–Kier alpha value is -2.67. The monoisotopic (exact) mass is 358 g/mol. The molecule has 1 N–H and O–H groups in total. The van der Waals surface area contributed by atoms with Crippen molar-refractivity contribution in [2.24, 2.45) is 5.92 Å². The Bertz CT molecular complexity index is 892. The van der Waals surface area contributed by atoms with Gasteiger partial charge in [0.05, 0.1) is 10.8 Å². The first kappa shape index (κ1) is 17.2. The summed E-state index contributed by atoms with van der Waals surface area (Å²) in [6.45, 7) is 0.329. The van der Waals surface area contributed by atoms with Gasteiger partial charge in [-0.25, -0.2) is 8.42 Å². The highest BCUT2D eigenvalue weighted by molar-refractivity contribution is 7.90. The van der Waals surface area contributed by atoms with Gasteiger partial charge in [0.1, 0.15) is 0 Å². The zero-order chi connectivity index (χ0) is 18.0. The lowest BCUT2D eigenvalue weighted by molar-refractivity contribution is -0.122. The molecule has 1 atom stereocenters. The van der Waals surface area contributed by atoms with E-state index in [1.54, 1.807) is 17.0 Å². The van der Waals surface area contributed by atoms with Gasteiger partial charge in [-0.2, -0.15) is 0 Å². The Morgan fingerprint density at radius 1 is 1.08 bits per heavy atom. The molecule has 7 heteroatoms. The molecule has 0 saturated carbocycles. The first-order valence-corrected chi connectivity index (χ1v) is 9.70. The van der Waals surface area contributed by atoms with Gasteiger partial charge in [0.25, 0.3) is 0 Å². The first-order valence-electron chi connectivity index (χ1n) is 7.81. The number of rotatable bonds is 4. The second-order valence-electron chi connectivity index (χ2n) is 6.03. The molecule has 3 rings (SSSR count). The van der Waals surface area contributed by atoms with E-state index in [0.29, 0.717) is 12.2 Å². The average Bonchev–Trinajstić information content (AvgIpc) is 2.97. The Balaban J connectivity index is 1.67. The van der Waals surface area contributed by atoms with Crippen LogP contribution in [0.1, 0.15) is 6.42 Å². The van der Waals surface area contributed by atoms with Crippen molar-refractivity contribution < 1.29 is 18.0 Å². The smallest absolute Gasteiger partial charge is 0.229 e. The molecule has 0 radical (unpaired) electrons. The molecule has 25 heavy (non-hydrogen) atoms. The molecule has 1 aliphatic heterocycles. The summed E-state index contributed by atoms with van der Waals surface area (Å²) in [6, 6.07) is 15.2. The number of amides is 2. The van der Waals surface area contributed by atoms with E-state index in [9.17, 15) is 18.0 Å². The number of carbonyl (C=O) groups is 2. The lowest BCUT2D eigenvalue weighted by atomic mass is 10.1. The van der Waals surface area contributed by atoms with Crippen LogP contribution in [0, 0.1) is 5.92 Å². The van der Waals surface area contributed by atoms with E-state index in [0.717, 1.165) is 11.9 Å². The highest BCUT2D eigenvalue weighted by Gasteiger charge is 2.35. The van der Waals surface area contributed by atoms with E-state index in [2.05, 4.69) is 5.32 Å². The summed E-state index contributed by atoms with van der Waals surface area (Å²) < 4.78 is 22.9. The number of para-hydroxylation sites is 1. The summed E-state index contributed by atoms with van der Waals surface area (Å²) in [5.74, 6) is -0.778. The molecule has 1 aliphatic rings. The van der Waals surface area contributed by atoms with Gasteiger partial charge < -0.3 is 10.2 Å². The predicted octanol–water partition coefficient (Wildman–Crippen LogP) is 2.08. The van der Waals surface area contributed by atoms with Crippen LogP contribution < -0.4 is 10.2 Å². The van der Waals surface area contributed by atoms with Gasteiger partial charge in [-0.1, -0.05) is 18.2 Å². The normalized spacial score (nSPS) is 17.6. The second kappa shape index (κ2) is 6.68. The molecule has 2 aromatic rings. The number of benzene rings is 2. The third-order valence-electron chi connectivity index (χ3n) is 4.11. The van der Waals surface area contributed by atoms with Crippen LogP contribution in [0.15, 0.2) is 59.5 Å². The van der Waals surface area contributed by atoms with Gasteiger partial charge in [0.15, 0.2) is 9.84 Å². The zero-order valence-electron chi connectivity index (χ0n) is 13.7. The maximum atomic E-state index is 12.4. The molecular weight excluding hydrogens is 340 g/mol. The van der Waals surface area contributed by atoms with Crippen LogP contribution in [-0.2, 0) is 19.4 Å². The van der Waals surface area contributed by atoms with E-state index in [4.69, 9.17) is 0 Å². The molecule has 1 fully saturated rings. The number of carbonyl (C=O) groups excluding carboxylic acids is 2. The van der Waals surface area contributed by atoms with Crippen molar-refractivity contribution in [3.8, 4) is 0 Å². The molecule has 1 heterocycles. The van der Waals surface area contributed by atoms with Crippen molar-refractivity contribution in [3.05, 3.63) is 54.6 Å². The van der Waals surface area contributed by atoms with E-state index in [1.807, 2.05) is 30.3 Å². The molecule has 2 amide bonds. The summed E-state index contributed by atoms with van der Waals surface area (Å²) >= 11 is 0. The van der Waals surface area contributed by atoms with E-state index in [1.165, 1.54) is 12.1 Å². The molecule has 0 spiro atoms. The van der Waals surface area contributed by atoms with Crippen molar-refractivity contribution in [3.63, 3.8) is 0 Å². The number of sulfone groups is 1. The van der Waals surface area contributed by atoms with Crippen molar-refractivity contribution in [2.75, 3.05) is 23.0 Å². The second-order valence-corrected chi connectivity index (χ2v) is 8.04. The molecule has 2 aromatic carbocycles. The Morgan fingerprint density at radius 3 is 2.32 bits per heavy atom.